The molecule has 4 rings (SSSR count). The van der Waals surface area contributed by atoms with Crippen molar-refractivity contribution in [3.8, 4) is 0 Å². The van der Waals surface area contributed by atoms with E-state index in [1.54, 1.807) is 0 Å². The summed E-state index contributed by atoms with van der Waals surface area (Å²) < 4.78 is 39.4. The Hall–Kier alpha value is -3.08. The van der Waals surface area contributed by atoms with Crippen molar-refractivity contribution in [3.05, 3.63) is 44.7 Å². The van der Waals surface area contributed by atoms with Crippen molar-refractivity contribution in [1.82, 2.24) is 9.97 Å². The van der Waals surface area contributed by atoms with Gasteiger partial charge in [0.2, 0.25) is 17.8 Å². The average molecular weight is 484 g/mol. The zero-order chi connectivity index (χ0) is 23.9. The van der Waals surface area contributed by atoms with Crippen LogP contribution in [0.2, 0.25) is 5.02 Å². The minimum Gasteiger partial charge on any atom is -0.340 e. The van der Waals surface area contributed by atoms with Gasteiger partial charge in [0.15, 0.2) is 0 Å². The van der Waals surface area contributed by atoms with Gasteiger partial charge in [0.25, 0.3) is 5.56 Å². The van der Waals surface area contributed by atoms with Gasteiger partial charge in [-0.2, -0.15) is 18.2 Å². The number of aromatic nitrogens is 2. The Morgan fingerprint density at radius 3 is 2.73 bits per heavy atom. The van der Waals surface area contributed by atoms with Crippen LogP contribution in [0.3, 0.4) is 0 Å². The van der Waals surface area contributed by atoms with Crippen LogP contribution in [0.25, 0.3) is 0 Å². The lowest BCUT2D eigenvalue weighted by Crippen LogP contribution is -2.42. The highest BCUT2D eigenvalue weighted by Crippen LogP contribution is 2.37. The molecular weight excluding hydrogens is 463 g/mol. The molecule has 0 radical (unpaired) electrons. The van der Waals surface area contributed by atoms with Crippen molar-refractivity contribution in [3.63, 3.8) is 0 Å². The molecule has 0 aliphatic carbocycles. The summed E-state index contributed by atoms with van der Waals surface area (Å²) >= 11 is 5.62. The first-order chi connectivity index (χ1) is 15.5. The molecule has 0 spiro atoms. The van der Waals surface area contributed by atoms with Gasteiger partial charge in [-0.25, -0.2) is 0 Å². The number of nitrogens with one attached hydrogen (secondary N) is 3. The molecule has 3 heterocycles. The highest BCUT2D eigenvalue weighted by molar-refractivity contribution is 6.31. The van der Waals surface area contributed by atoms with Gasteiger partial charge in [-0.1, -0.05) is 11.6 Å². The number of fused-ring (bicyclic) bond motifs is 1. The molecule has 2 amide bonds. The van der Waals surface area contributed by atoms with Crippen LogP contribution in [0.1, 0.15) is 49.7 Å². The van der Waals surface area contributed by atoms with Gasteiger partial charge in [-0.15, -0.1) is 0 Å². The topological polar surface area (TPSA) is 107 Å². The van der Waals surface area contributed by atoms with E-state index in [9.17, 15) is 27.6 Å². The van der Waals surface area contributed by atoms with E-state index in [2.05, 4.69) is 20.6 Å². The molecule has 2 aliphatic heterocycles. The van der Waals surface area contributed by atoms with Crippen LogP contribution in [-0.2, 0) is 15.8 Å². The molecular formula is C21H21ClF3N5O3. The number of hydrogen-bond donors (Lipinski definition) is 3. The number of hydrogen-bond acceptors (Lipinski definition) is 5. The van der Waals surface area contributed by atoms with Crippen LogP contribution in [0, 0.1) is 0 Å². The lowest BCUT2D eigenvalue weighted by Gasteiger charge is -2.34. The number of amides is 2. The van der Waals surface area contributed by atoms with Gasteiger partial charge in [0, 0.05) is 24.7 Å². The SMILES string of the molecule is C[C@H]1CCCCN1c1nc2c(c(=O)[nH]1)[C@@H](C(=O)Nc1ccc(Cl)c(C(F)(F)F)c1)CC(=O)N2. The number of anilines is 3. The van der Waals surface area contributed by atoms with Crippen LogP contribution in [0.15, 0.2) is 23.0 Å². The highest BCUT2D eigenvalue weighted by Gasteiger charge is 2.37. The smallest absolute Gasteiger partial charge is 0.340 e. The zero-order valence-corrected chi connectivity index (χ0v) is 18.3. The average Bonchev–Trinajstić information content (AvgIpc) is 2.73. The number of carbonyl (C=O) groups excluding carboxylic acids is 2. The number of aromatic amines is 1. The van der Waals surface area contributed by atoms with Crippen molar-refractivity contribution in [2.24, 2.45) is 0 Å². The quantitative estimate of drug-likeness (QED) is 0.614. The van der Waals surface area contributed by atoms with Crippen LogP contribution in [0.4, 0.5) is 30.6 Å². The van der Waals surface area contributed by atoms with Crippen molar-refractivity contribution in [1.29, 1.82) is 0 Å². The second-order valence-electron chi connectivity index (χ2n) is 8.18. The lowest BCUT2D eigenvalue weighted by molar-refractivity contribution is -0.137. The van der Waals surface area contributed by atoms with Crippen LogP contribution < -0.4 is 21.1 Å². The number of carbonyl (C=O) groups is 2. The van der Waals surface area contributed by atoms with Gasteiger partial charge in [-0.05, 0) is 44.4 Å². The normalized spacial score (nSPS) is 20.8. The molecule has 0 saturated carbocycles. The number of rotatable bonds is 3. The Labute approximate surface area is 191 Å². The van der Waals surface area contributed by atoms with E-state index in [4.69, 9.17) is 11.6 Å². The van der Waals surface area contributed by atoms with E-state index in [-0.39, 0.29) is 29.5 Å². The molecule has 3 N–H and O–H groups in total. The molecule has 2 aliphatic rings. The molecule has 1 fully saturated rings. The minimum absolute atomic E-state index is 0.0185. The molecule has 2 aromatic rings. The standard InChI is InChI=1S/C21H21ClF3N5O3/c1-10-4-2-3-7-30(10)20-28-17-16(19(33)29-20)12(9-15(31)27-17)18(32)26-11-5-6-14(22)13(8-11)21(23,24)25/h5-6,8,10,12H,2-4,7,9H2,1H3,(H,26,32)(H2,27,28,29,31,33)/t10-,12-/m0/s1. The summed E-state index contributed by atoms with van der Waals surface area (Å²) in [5, 5.41) is 4.38. The molecule has 0 unspecified atom stereocenters. The molecule has 8 nitrogen and oxygen atoms in total. The Kier molecular flexibility index (Phi) is 6.08. The second kappa shape index (κ2) is 8.69. The summed E-state index contributed by atoms with van der Waals surface area (Å²) in [6.07, 6.45) is -2.13. The Bertz CT molecular complexity index is 1170. The highest BCUT2D eigenvalue weighted by atomic mass is 35.5. The summed E-state index contributed by atoms with van der Waals surface area (Å²) in [7, 11) is 0. The maximum Gasteiger partial charge on any atom is 0.417 e. The maximum atomic E-state index is 13.1. The summed E-state index contributed by atoms with van der Waals surface area (Å²) in [6.45, 7) is 2.70. The van der Waals surface area contributed by atoms with Crippen molar-refractivity contribution in [2.75, 3.05) is 22.1 Å². The lowest BCUT2D eigenvalue weighted by atomic mass is 9.92. The monoisotopic (exact) mass is 483 g/mol. The Balaban J connectivity index is 1.65. The summed E-state index contributed by atoms with van der Waals surface area (Å²) in [6, 6.07) is 3.07. The molecule has 1 aromatic heterocycles. The van der Waals surface area contributed by atoms with Crippen molar-refractivity contribution >= 4 is 40.9 Å². The zero-order valence-electron chi connectivity index (χ0n) is 17.6. The van der Waals surface area contributed by atoms with Crippen molar-refractivity contribution < 1.29 is 22.8 Å². The van der Waals surface area contributed by atoms with E-state index < -0.39 is 40.1 Å². The third-order valence-electron chi connectivity index (χ3n) is 5.87. The summed E-state index contributed by atoms with van der Waals surface area (Å²) in [4.78, 5) is 47.1. The Morgan fingerprint density at radius 2 is 2.03 bits per heavy atom. The number of alkyl halides is 3. The van der Waals surface area contributed by atoms with E-state index in [0.717, 1.165) is 25.3 Å². The van der Waals surface area contributed by atoms with E-state index in [1.807, 2.05) is 11.8 Å². The summed E-state index contributed by atoms with van der Waals surface area (Å²) in [5.74, 6) is -2.25. The van der Waals surface area contributed by atoms with Gasteiger partial charge < -0.3 is 15.5 Å². The number of piperidine rings is 1. The first kappa shape index (κ1) is 23.1. The first-order valence-corrected chi connectivity index (χ1v) is 10.8. The van der Waals surface area contributed by atoms with E-state index >= 15 is 0 Å². The van der Waals surface area contributed by atoms with Gasteiger partial charge in [0.05, 0.1) is 22.1 Å². The molecule has 1 saturated heterocycles. The first-order valence-electron chi connectivity index (χ1n) is 10.4. The van der Waals surface area contributed by atoms with Crippen LogP contribution >= 0.6 is 11.6 Å². The minimum atomic E-state index is -4.71. The fraction of sp³-hybridized carbons (Fsp3) is 0.429. The van der Waals surface area contributed by atoms with Crippen LogP contribution in [-0.4, -0.2) is 34.4 Å². The molecule has 176 valence electrons. The van der Waals surface area contributed by atoms with Gasteiger partial charge >= 0.3 is 6.18 Å². The van der Waals surface area contributed by atoms with E-state index in [0.29, 0.717) is 18.6 Å². The second-order valence-corrected chi connectivity index (χ2v) is 8.58. The molecule has 1 aromatic carbocycles. The number of benzene rings is 1. The van der Waals surface area contributed by atoms with Crippen molar-refractivity contribution in [2.45, 2.75) is 50.7 Å². The fourth-order valence-electron chi connectivity index (χ4n) is 4.18. The molecule has 33 heavy (non-hydrogen) atoms. The molecule has 0 bridgehead atoms. The third kappa shape index (κ3) is 4.68. The predicted molar refractivity (Wildman–Crippen MR) is 117 cm³/mol. The largest absolute Gasteiger partial charge is 0.417 e. The predicted octanol–water partition coefficient (Wildman–Crippen LogP) is 3.89. The van der Waals surface area contributed by atoms with Gasteiger partial charge in [-0.3, -0.25) is 19.4 Å². The van der Waals surface area contributed by atoms with Crippen LogP contribution in [0.5, 0.6) is 0 Å². The summed E-state index contributed by atoms with van der Waals surface area (Å²) in [5.41, 5.74) is -1.89. The van der Waals surface area contributed by atoms with Gasteiger partial charge in [0.1, 0.15) is 5.82 Å². The maximum absolute atomic E-state index is 13.1. The molecule has 12 heteroatoms. The number of halogens is 4. The van der Waals surface area contributed by atoms with E-state index in [1.165, 1.54) is 6.07 Å². The molecule has 2 atom stereocenters. The number of H-pyrrole nitrogens is 1. The third-order valence-corrected chi connectivity index (χ3v) is 6.20. The number of nitrogens with zero attached hydrogens (tertiary/aromatic N) is 2. The Morgan fingerprint density at radius 1 is 1.27 bits per heavy atom. The fourth-order valence-corrected chi connectivity index (χ4v) is 4.41.